The van der Waals surface area contributed by atoms with E-state index in [-0.39, 0.29) is 25.4 Å². The first-order valence-corrected chi connectivity index (χ1v) is 7.76. The number of rotatable bonds is 8. The van der Waals surface area contributed by atoms with Gasteiger partial charge in [-0.2, -0.15) is 0 Å². The molecular weight excluding hydrogens is 300 g/mol. The predicted molar refractivity (Wildman–Crippen MR) is 83.8 cm³/mol. The van der Waals surface area contributed by atoms with Gasteiger partial charge in [-0.25, -0.2) is 0 Å². The highest BCUT2D eigenvalue weighted by molar-refractivity contribution is 5.70. The minimum absolute atomic E-state index is 0.135. The Balaban J connectivity index is 2.19. The van der Waals surface area contributed by atoms with Crippen molar-refractivity contribution in [2.75, 3.05) is 27.8 Å². The first-order valence-electron chi connectivity index (χ1n) is 7.76. The number of carbonyl (C=O) groups is 1. The molecule has 6 heteroatoms. The zero-order chi connectivity index (χ0) is 16.7. The molecule has 2 unspecified atom stereocenters. The molecule has 0 bridgehead atoms. The van der Waals surface area contributed by atoms with E-state index >= 15 is 0 Å². The highest BCUT2D eigenvalue weighted by Crippen LogP contribution is 2.41. The Morgan fingerprint density at radius 3 is 2.61 bits per heavy atom. The van der Waals surface area contributed by atoms with Crippen LogP contribution >= 0.6 is 0 Å². The van der Waals surface area contributed by atoms with E-state index in [1.165, 1.54) is 0 Å². The van der Waals surface area contributed by atoms with Crippen molar-refractivity contribution in [1.29, 1.82) is 0 Å². The molecule has 0 spiro atoms. The minimum atomic E-state index is -0.714. The lowest BCUT2D eigenvalue weighted by Gasteiger charge is -2.28. The quantitative estimate of drug-likeness (QED) is 0.741. The van der Waals surface area contributed by atoms with Gasteiger partial charge in [0.15, 0.2) is 13.6 Å². The molecule has 1 aromatic carbocycles. The normalized spacial score (nSPS) is 21.0. The maximum atomic E-state index is 11.3. The molecule has 1 aliphatic rings. The lowest BCUT2D eigenvalue weighted by atomic mass is 9.78. The van der Waals surface area contributed by atoms with Gasteiger partial charge in [-0.05, 0) is 36.8 Å². The smallest absolute Gasteiger partial charge is 0.306 e. The van der Waals surface area contributed by atoms with Crippen molar-refractivity contribution in [3.8, 4) is 11.5 Å². The molecule has 1 aromatic rings. The Morgan fingerprint density at radius 2 is 1.91 bits per heavy atom. The van der Waals surface area contributed by atoms with Crippen molar-refractivity contribution < 1.29 is 28.8 Å². The van der Waals surface area contributed by atoms with Gasteiger partial charge < -0.3 is 24.1 Å². The van der Waals surface area contributed by atoms with E-state index in [4.69, 9.17) is 18.9 Å². The van der Waals surface area contributed by atoms with Gasteiger partial charge in [0.25, 0.3) is 0 Å². The molecule has 0 heterocycles. The predicted octanol–water partition coefficient (Wildman–Crippen LogP) is 3.01. The molecular formula is C17H24O6. The van der Waals surface area contributed by atoms with Crippen LogP contribution in [0.4, 0.5) is 0 Å². The second-order valence-corrected chi connectivity index (χ2v) is 5.70. The van der Waals surface area contributed by atoms with E-state index in [1.54, 1.807) is 20.3 Å². The lowest BCUT2D eigenvalue weighted by Crippen LogP contribution is -2.22. The molecule has 23 heavy (non-hydrogen) atoms. The Morgan fingerprint density at radius 1 is 1.17 bits per heavy atom. The third-order valence-corrected chi connectivity index (χ3v) is 4.12. The summed E-state index contributed by atoms with van der Waals surface area (Å²) in [6.07, 6.45) is 3.25. The molecule has 6 nitrogen and oxygen atoms in total. The van der Waals surface area contributed by atoms with Crippen LogP contribution in [0.1, 0.15) is 37.2 Å². The van der Waals surface area contributed by atoms with Crippen LogP contribution in [0, 0.1) is 5.92 Å². The summed E-state index contributed by atoms with van der Waals surface area (Å²) < 4.78 is 21.0. The van der Waals surface area contributed by atoms with Crippen LogP contribution in [-0.4, -0.2) is 38.9 Å². The number of methoxy groups -OCH3 is 2. The SMILES string of the molecule is COCOc1ccc(C2CCCC(C(=O)O)C2)c(OCOC)c1. The zero-order valence-electron chi connectivity index (χ0n) is 13.6. The molecule has 0 amide bonds. The molecule has 1 fully saturated rings. The molecule has 0 radical (unpaired) electrons. The highest BCUT2D eigenvalue weighted by atomic mass is 16.7. The van der Waals surface area contributed by atoms with Crippen molar-refractivity contribution in [3.63, 3.8) is 0 Å². The molecule has 1 aliphatic carbocycles. The second kappa shape index (κ2) is 8.74. The Hall–Kier alpha value is -1.79. The van der Waals surface area contributed by atoms with Crippen LogP contribution in [0.15, 0.2) is 18.2 Å². The molecule has 1 N–H and O–H groups in total. The lowest BCUT2D eigenvalue weighted by molar-refractivity contribution is -0.143. The van der Waals surface area contributed by atoms with Gasteiger partial charge in [0.05, 0.1) is 5.92 Å². The number of carboxylic acid groups (broad SMARTS) is 1. The third-order valence-electron chi connectivity index (χ3n) is 4.12. The molecule has 1 saturated carbocycles. The number of ether oxygens (including phenoxy) is 4. The van der Waals surface area contributed by atoms with Gasteiger partial charge in [-0.1, -0.05) is 12.5 Å². The summed E-state index contributed by atoms with van der Waals surface area (Å²) in [6.45, 7) is 0.295. The van der Waals surface area contributed by atoms with Crippen molar-refractivity contribution >= 4 is 5.97 Å². The van der Waals surface area contributed by atoms with Gasteiger partial charge in [-0.15, -0.1) is 0 Å². The van der Waals surface area contributed by atoms with E-state index in [0.29, 0.717) is 17.9 Å². The van der Waals surface area contributed by atoms with Gasteiger partial charge in [-0.3, -0.25) is 4.79 Å². The average molecular weight is 324 g/mol. The maximum Gasteiger partial charge on any atom is 0.306 e. The summed E-state index contributed by atoms with van der Waals surface area (Å²) in [5.74, 6) is 0.500. The maximum absolute atomic E-state index is 11.3. The van der Waals surface area contributed by atoms with Gasteiger partial charge in [0.1, 0.15) is 11.5 Å². The summed E-state index contributed by atoms with van der Waals surface area (Å²) in [7, 11) is 3.12. The molecule has 2 atom stereocenters. The number of hydrogen-bond donors (Lipinski definition) is 1. The monoisotopic (exact) mass is 324 g/mol. The molecule has 0 saturated heterocycles. The molecule has 128 valence electrons. The van der Waals surface area contributed by atoms with E-state index in [0.717, 1.165) is 24.8 Å². The van der Waals surface area contributed by atoms with E-state index in [2.05, 4.69) is 0 Å². The summed E-state index contributed by atoms with van der Waals surface area (Å²) >= 11 is 0. The summed E-state index contributed by atoms with van der Waals surface area (Å²) in [4.78, 5) is 11.3. The largest absolute Gasteiger partial charge is 0.481 e. The third kappa shape index (κ3) is 4.84. The number of benzene rings is 1. The van der Waals surface area contributed by atoms with Gasteiger partial charge >= 0.3 is 5.97 Å². The highest BCUT2D eigenvalue weighted by Gasteiger charge is 2.29. The molecule has 0 aromatic heterocycles. The molecule has 2 rings (SSSR count). The first kappa shape index (κ1) is 17.6. The van der Waals surface area contributed by atoms with Gasteiger partial charge in [0.2, 0.25) is 0 Å². The van der Waals surface area contributed by atoms with Crippen LogP contribution in [0.25, 0.3) is 0 Å². The van der Waals surface area contributed by atoms with Crippen molar-refractivity contribution in [1.82, 2.24) is 0 Å². The Kier molecular flexibility index (Phi) is 6.67. The number of carboxylic acids is 1. The van der Waals surface area contributed by atoms with Crippen LogP contribution in [-0.2, 0) is 14.3 Å². The average Bonchev–Trinajstić information content (AvgIpc) is 2.58. The fourth-order valence-corrected chi connectivity index (χ4v) is 3.01. The van der Waals surface area contributed by atoms with E-state index < -0.39 is 5.97 Å². The topological polar surface area (TPSA) is 74.2 Å². The van der Waals surface area contributed by atoms with Crippen LogP contribution in [0.3, 0.4) is 0 Å². The van der Waals surface area contributed by atoms with Crippen LogP contribution < -0.4 is 9.47 Å². The molecule has 0 aliphatic heterocycles. The van der Waals surface area contributed by atoms with Crippen LogP contribution in [0.2, 0.25) is 0 Å². The van der Waals surface area contributed by atoms with E-state index in [1.807, 2.05) is 12.1 Å². The second-order valence-electron chi connectivity index (χ2n) is 5.70. The summed E-state index contributed by atoms with van der Waals surface area (Å²) in [5.41, 5.74) is 1.01. The zero-order valence-corrected chi connectivity index (χ0v) is 13.6. The Labute approximate surface area is 136 Å². The van der Waals surface area contributed by atoms with Crippen molar-refractivity contribution in [2.24, 2.45) is 5.92 Å². The Bertz CT molecular complexity index is 516. The minimum Gasteiger partial charge on any atom is -0.481 e. The van der Waals surface area contributed by atoms with Crippen molar-refractivity contribution in [3.05, 3.63) is 23.8 Å². The number of aliphatic carboxylic acids is 1. The summed E-state index contributed by atoms with van der Waals surface area (Å²) in [5, 5.41) is 9.27. The van der Waals surface area contributed by atoms with Gasteiger partial charge in [0, 0.05) is 20.3 Å². The summed E-state index contributed by atoms with van der Waals surface area (Å²) in [6, 6.07) is 5.61. The first-order chi connectivity index (χ1) is 11.2. The fraction of sp³-hybridized carbons (Fsp3) is 0.588. The fourth-order valence-electron chi connectivity index (χ4n) is 3.01. The van der Waals surface area contributed by atoms with Crippen molar-refractivity contribution in [2.45, 2.75) is 31.6 Å². The standard InChI is InChI=1S/C17H24O6/c1-20-10-22-14-6-7-15(16(9-14)23-11-21-2)12-4-3-5-13(8-12)17(18)19/h6-7,9,12-13H,3-5,8,10-11H2,1-2H3,(H,18,19). The van der Waals surface area contributed by atoms with E-state index in [9.17, 15) is 9.90 Å². The number of hydrogen-bond acceptors (Lipinski definition) is 5. The van der Waals surface area contributed by atoms with Crippen LogP contribution in [0.5, 0.6) is 11.5 Å².